The lowest BCUT2D eigenvalue weighted by molar-refractivity contribution is 0.620. The van der Waals surface area contributed by atoms with Crippen molar-refractivity contribution in [2.75, 3.05) is 5.32 Å². The van der Waals surface area contributed by atoms with Crippen LogP contribution in [0, 0.1) is 6.92 Å². The highest BCUT2D eigenvalue weighted by Gasteiger charge is 2.20. The first-order valence-electron chi connectivity index (χ1n) is 7.34. The first-order chi connectivity index (χ1) is 10.6. The van der Waals surface area contributed by atoms with Gasteiger partial charge in [0, 0.05) is 28.3 Å². The first-order valence-corrected chi connectivity index (χ1v) is 9.04. The van der Waals surface area contributed by atoms with Gasteiger partial charge in [-0.3, -0.25) is 0 Å². The number of hydrogen-bond donors (Lipinski definition) is 2. The average Bonchev–Trinajstić information content (AvgIpc) is 3.13. The summed E-state index contributed by atoms with van der Waals surface area (Å²) in [6, 6.07) is 4.33. The molecule has 6 heteroatoms. The van der Waals surface area contributed by atoms with Gasteiger partial charge in [-0.1, -0.05) is 13.0 Å². The highest BCUT2D eigenvalue weighted by atomic mass is 32.1. The fourth-order valence-electron chi connectivity index (χ4n) is 2.42. The molecule has 0 saturated carbocycles. The standard InChI is InChI=1S/C16H20N4S2/c1-9(11(3)17)15-10(2)14-16(22-15)13(8-19-20-14)18-7-12-5-4-6-21-12/h4-6,8-9,11H,7,17H2,1-3H3,(H,18,20)/t9-,11+/m1/s1. The van der Waals surface area contributed by atoms with Crippen LogP contribution in [-0.2, 0) is 6.54 Å². The zero-order valence-corrected chi connectivity index (χ0v) is 14.6. The predicted octanol–water partition coefficient (Wildman–Crippen LogP) is 4.12. The molecule has 0 amide bonds. The van der Waals surface area contributed by atoms with Crippen molar-refractivity contribution >= 4 is 38.6 Å². The Hall–Kier alpha value is -1.50. The van der Waals surface area contributed by atoms with E-state index in [-0.39, 0.29) is 6.04 Å². The van der Waals surface area contributed by atoms with Gasteiger partial charge in [-0.15, -0.1) is 27.8 Å². The molecule has 0 saturated heterocycles. The second kappa shape index (κ2) is 6.32. The van der Waals surface area contributed by atoms with Crippen LogP contribution in [0.3, 0.4) is 0 Å². The summed E-state index contributed by atoms with van der Waals surface area (Å²) in [5.41, 5.74) is 9.32. The number of anilines is 1. The van der Waals surface area contributed by atoms with Crippen molar-refractivity contribution in [2.24, 2.45) is 5.73 Å². The number of rotatable bonds is 5. The molecule has 0 aromatic carbocycles. The summed E-state index contributed by atoms with van der Waals surface area (Å²) in [5, 5.41) is 14.1. The molecule has 0 bridgehead atoms. The predicted molar refractivity (Wildman–Crippen MR) is 95.9 cm³/mol. The fourth-order valence-corrected chi connectivity index (χ4v) is 4.46. The third-order valence-electron chi connectivity index (χ3n) is 3.98. The molecule has 4 nitrogen and oxygen atoms in total. The molecular formula is C16H20N4S2. The van der Waals surface area contributed by atoms with E-state index in [2.05, 4.69) is 53.8 Å². The van der Waals surface area contributed by atoms with Crippen LogP contribution in [0.15, 0.2) is 23.7 Å². The molecular weight excluding hydrogens is 312 g/mol. The third kappa shape index (κ3) is 2.86. The minimum atomic E-state index is 0.127. The molecule has 0 radical (unpaired) electrons. The molecule has 3 aromatic rings. The van der Waals surface area contributed by atoms with Crippen LogP contribution in [0.2, 0.25) is 0 Å². The Bertz CT molecular complexity index is 762. The molecule has 0 aliphatic rings. The van der Waals surface area contributed by atoms with Gasteiger partial charge in [0.05, 0.1) is 16.6 Å². The largest absolute Gasteiger partial charge is 0.378 e. The molecule has 3 aromatic heterocycles. The maximum atomic E-state index is 6.08. The average molecular weight is 332 g/mol. The Labute approximate surface area is 138 Å². The fraction of sp³-hybridized carbons (Fsp3) is 0.375. The Balaban J connectivity index is 1.96. The zero-order valence-electron chi connectivity index (χ0n) is 13.0. The molecule has 0 aliphatic heterocycles. The lowest BCUT2D eigenvalue weighted by Crippen LogP contribution is -2.22. The molecule has 22 heavy (non-hydrogen) atoms. The summed E-state index contributed by atoms with van der Waals surface area (Å²) in [5.74, 6) is 0.323. The van der Waals surface area contributed by atoms with Crippen LogP contribution in [0.25, 0.3) is 10.2 Å². The number of nitrogens with zero attached hydrogens (tertiary/aromatic N) is 2. The molecule has 3 N–H and O–H groups in total. The Morgan fingerprint density at radius 2 is 2.18 bits per heavy atom. The van der Waals surface area contributed by atoms with Gasteiger partial charge in [-0.25, -0.2) is 0 Å². The summed E-state index contributed by atoms with van der Waals surface area (Å²) in [4.78, 5) is 2.62. The lowest BCUT2D eigenvalue weighted by Gasteiger charge is -2.14. The number of thiophene rings is 2. The number of aryl methyl sites for hydroxylation is 1. The minimum Gasteiger partial charge on any atom is -0.378 e. The lowest BCUT2D eigenvalue weighted by atomic mass is 10.00. The van der Waals surface area contributed by atoms with Gasteiger partial charge in [0.1, 0.15) is 5.52 Å². The molecule has 0 fully saturated rings. The number of aromatic nitrogens is 2. The summed E-state index contributed by atoms with van der Waals surface area (Å²) >= 11 is 3.54. The van der Waals surface area contributed by atoms with Crippen LogP contribution < -0.4 is 11.1 Å². The van der Waals surface area contributed by atoms with E-state index < -0.39 is 0 Å². The quantitative estimate of drug-likeness (QED) is 0.737. The van der Waals surface area contributed by atoms with Crippen molar-refractivity contribution < 1.29 is 0 Å². The normalized spacial score (nSPS) is 14.2. The highest BCUT2D eigenvalue weighted by molar-refractivity contribution is 7.20. The maximum absolute atomic E-state index is 6.08. The molecule has 3 rings (SSSR count). The monoisotopic (exact) mass is 332 g/mol. The molecule has 0 spiro atoms. The van der Waals surface area contributed by atoms with E-state index in [4.69, 9.17) is 5.73 Å². The van der Waals surface area contributed by atoms with Crippen LogP contribution in [0.4, 0.5) is 5.69 Å². The van der Waals surface area contributed by atoms with Crippen LogP contribution >= 0.6 is 22.7 Å². The van der Waals surface area contributed by atoms with Crippen LogP contribution in [0.5, 0.6) is 0 Å². The molecule has 3 heterocycles. The SMILES string of the molecule is Cc1c([C@H](C)[C@H](C)N)sc2c(NCc3cccs3)cnnc12. The topological polar surface area (TPSA) is 63.8 Å². The molecule has 0 aliphatic carbocycles. The van der Waals surface area contributed by atoms with Gasteiger partial charge >= 0.3 is 0 Å². The van der Waals surface area contributed by atoms with E-state index in [9.17, 15) is 0 Å². The van der Waals surface area contributed by atoms with Crippen molar-refractivity contribution in [3.8, 4) is 0 Å². The van der Waals surface area contributed by atoms with E-state index in [1.165, 1.54) is 20.0 Å². The van der Waals surface area contributed by atoms with E-state index in [0.29, 0.717) is 5.92 Å². The second-order valence-electron chi connectivity index (χ2n) is 5.61. The summed E-state index contributed by atoms with van der Waals surface area (Å²) in [6.45, 7) is 7.16. The van der Waals surface area contributed by atoms with Gasteiger partial charge in [-0.2, -0.15) is 5.10 Å². The summed E-state index contributed by atoms with van der Waals surface area (Å²) < 4.78 is 1.17. The Morgan fingerprint density at radius 3 is 2.86 bits per heavy atom. The van der Waals surface area contributed by atoms with Crippen molar-refractivity contribution in [1.29, 1.82) is 0 Å². The maximum Gasteiger partial charge on any atom is 0.109 e. The van der Waals surface area contributed by atoms with E-state index in [0.717, 1.165) is 17.7 Å². The smallest absolute Gasteiger partial charge is 0.109 e. The van der Waals surface area contributed by atoms with Gasteiger partial charge in [0.25, 0.3) is 0 Å². The number of hydrogen-bond acceptors (Lipinski definition) is 6. The third-order valence-corrected chi connectivity index (χ3v) is 6.37. The highest BCUT2D eigenvalue weighted by Crippen LogP contribution is 2.38. The Morgan fingerprint density at radius 1 is 1.36 bits per heavy atom. The minimum absolute atomic E-state index is 0.127. The van der Waals surface area contributed by atoms with Gasteiger partial charge < -0.3 is 11.1 Å². The van der Waals surface area contributed by atoms with Crippen molar-refractivity contribution in [2.45, 2.75) is 39.3 Å². The molecule has 2 atom stereocenters. The molecule has 0 unspecified atom stereocenters. The van der Waals surface area contributed by atoms with E-state index >= 15 is 0 Å². The Kier molecular flexibility index (Phi) is 4.42. The molecule has 116 valence electrons. The van der Waals surface area contributed by atoms with E-state index in [1.807, 2.05) is 6.20 Å². The van der Waals surface area contributed by atoms with Gasteiger partial charge in [0.2, 0.25) is 0 Å². The number of fused-ring (bicyclic) bond motifs is 1. The van der Waals surface area contributed by atoms with Crippen LogP contribution in [0.1, 0.15) is 35.1 Å². The van der Waals surface area contributed by atoms with Crippen molar-refractivity contribution in [3.63, 3.8) is 0 Å². The second-order valence-corrected chi connectivity index (χ2v) is 7.69. The number of nitrogens with one attached hydrogen (secondary N) is 1. The zero-order chi connectivity index (χ0) is 15.7. The first kappa shape index (κ1) is 15.4. The van der Waals surface area contributed by atoms with Crippen LogP contribution in [-0.4, -0.2) is 16.2 Å². The van der Waals surface area contributed by atoms with Crippen molar-refractivity contribution in [3.05, 3.63) is 39.0 Å². The van der Waals surface area contributed by atoms with Crippen molar-refractivity contribution in [1.82, 2.24) is 10.2 Å². The number of nitrogens with two attached hydrogens (primary N) is 1. The van der Waals surface area contributed by atoms with Gasteiger partial charge in [-0.05, 0) is 30.9 Å². The van der Waals surface area contributed by atoms with Gasteiger partial charge in [0.15, 0.2) is 0 Å². The van der Waals surface area contributed by atoms with E-state index in [1.54, 1.807) is 22.7 Å². The summed E-state index contributed by atoms with van der Waals surface area (Å²) in [7, 11) is 0. The summed E-state index contributed by atoms with van der Waals surface area (Å²) in [6.07, 6.45) is 1.81.